The van der Waals surface area contributed by atoms with Crippen LogP contribution in [-0.4, -0.2) is 35.0 Å². The monoisotopic (exact) mass is 240 g/mol. The van der Waals surface area contributed by atoms with Crippen molar-refractivity contribution in [1.29, 1.82) is 0 Å². The number of aliphatic hydroxyl groups excluding tert-OH is 1. The van der Waals surface area contributed by atoms with Gasteiger partial charge in [-0.05, 0) is 24.3 Å². The molecule has 2 atom stereocenters. The zero-order valence-corrected chi connectivity index (χ0v) is 9.82. The summed E-state index contributed by atoms with van der Waals surface area (Å²) in [4.78, 5) is 14.4. The second-order valence-electron chi connectivity index (χ2n) is 4.02. The number of hydrogen-bond acceptors (Lipinski definition) is 4. The molecule has 1 aromatic heterocycles. The van der Waals surface area contributed by atoms with Crippen molar-refractivity contribution in [3.8, 4) is 0 Å². The molecule has 0 spiro atoms. The molecule has 0 radical (unpaired) electrons. The van der Waals surface area contributed by atoms with Crippen molar-refractivity contribution in [2.24, 2.45) is 5.73 Å². The number of aliphatic hydroxyl groups is 1. The second kappa shape index (κ2) is 4.95. The Labute approximate surface area is 98.7 Å². The molecule has 1 aliphatic rings. The van der Waals surface area contributed by atoms with Crippen LogP contribution in [0.2, 0.25) is 0 Å². The Morgan fingerprint density at radius 3 is 2.75 bits per heavy atom. The van der Waals surface area contributed by atoms with Crippen molar-refractivity contribution < 1.29 is 9.90 Å². The van der Waals surface area contributed by atoms with Crippen LogP contribution in [0.5, 0.6) is 0 Å². The molecule has 2 rings (SSSR count). The molecule has 0 bridgehead atoms. The van der Waals surface area contributed by atoms with Crippen LogP contribution < -0.4 is 5.73 Å². The summed E-state index contributed by atoms with van der Waals surface area (Å²) in [6.45, 7) is 1.54. The zero-order valence-electron chi connectivity index (χ0n) is 9.00. The van der Waals surface area contributed by atoms with Gasteiger partial charge in [0.25, 0.3) is 0 Å². The average Bonchev–Trinajstić information content (AvgIpc) is 2.97. The fourth-order valence-electron chi connectivity index (χ4n) is 1.92. The topological polar surface area (TPSA) is 66.6 Å². The van der Waals surface area contributed by atoms with Gasteiger partial charge in [0.1, 0.15) is 12.1 Å². The number of thiophene rings is 1. The van der Waals surface area contributed by atoms with Gasteiger partial charge in [0.05, 0.1) is 0 Å². The smallest absolute Gasteiger partial charge is 0.242 e. The highest BCUT2D eigenvalue weighted by molar-refractivity contribution is 7.10. The summed E-state index contributed by atoms with van der Waals surface area (Å²) < 4.78 is 0. The van der Waals surface area contributed by atoms with Crippen LogP contribution in [0.3, 0.4) is 0 Å². The molecule has 1 saturated heterocycles. The van der Waals surface area contributed by atoms with Gasteiger partial charge in [-0.2, -0.15) is 0 Å². The first kappa shape index (κ1) is 11.6. The second-order valence-corrected chi connectivity index (χ2v) is 5.00. The van der Waals surface area contributed by atoms with E-state index < -0.39 is 12.1 Å². The number of likely N-dealkylation sites (tertiary alicyclic amines) is 1. The number of carbonyl (C=O) groups excluding carboxylic acids is 1. The quantitative estimate of drug-likeness (QED) is 0.818. The fraction of sp³-hybridized carbons (Fsp3) is 0.545. The molecule has 5 heteroatoms. The summed E-state index contributed by atoms with van der Waals surface area (Å²) in [6.07, 6.45) is 1.19. The van der Waals surface area contributed by atoms with E-state index in [-0.39, 0.29) is 5.91 Å². The third-order valence-electron chi connectivity index (χ3n) is 2.88. The lowest BCUT2D eigenvalue weighted by atomic mass is 10.1. The van der Waals surface area contributed by atoms with E-state index >= 15 is 0 Å². The normalized spacial score (nSPS) is 19.8. The van der Waals surface area contributed by atoms with E-state index in [0.717, 1.165) is 30.8 Å². The van der Waals surface area contributed by atoms with E-state index in [1.807, 2.05) is 11.4 Å². The lowest BCUT2D eigenvalue weighted by Crippen LogP contribution is -2.45. The van der Waals surface area contributed by atoms with E-state index in [4.69, 9.17) is 5.73 Å². The fourth-order valence-corrected chi connectivity index (χ4v) is 2.68. The van der Waals surface area contributed by atoms with Gasteiger partial charge in [-0.25, -0.2) is 0 Å². The predicted molar refractivity (Wildman–Crippen MR) is 63.1 cm³/mol. The van der Waals surface area contributed by atoms with Gasteiger partial charge in [-0.3, -0.25) is 4.79 Å². The molecule has 1 aromatic rings. The highest BCUT2D eigenvalue weighted by Gasteiger charge is 2.30. The minimum Gasteiger partial charge on any atom is -0.385 e. The Morgan fingerprint density at radius 1 is 1.50 bits per heavy atom. The maximum atomic E-state index is 11.9. The number of carbonyl (C=O) groups is 1. The SMILES string of the molecule is N[C@@H](C(=O)N1CCCC1)[C@@H](O)c1cccs1. The van der Waals surface area contributed by atoms with Gasteiger partial charge in [-0.1, -0.05) is 6.07 Å². The molecule has 1 amide bonds. The molecule has 2 heterocycles. The lowest BCUT2D eigenvalue weighted by molar-refractivity contribution is -0.134. The van der Waals surface area contributed by atoms with Crippen molar-refractivity contribution >= 4 is 17.2 Å². The van der Waals surface area contributed by atoms with Crippen LogP contribution in [0.15, 0.2) is 17.5 Å². The minimum absolute atomic E-state index is 0.140. The lowest BCUT2D eigenvalue weighted by Gasteiger charge is -2.23. The number of hydrogen-bond donors (Lipinski definition) is 2. The van der Waals surface area contributed by atoms with Crippen LogP contribution >= 0.6 is 11.3 Å². The summed E-state index contributed by atoms with van der Waals surface area (Å²) in [5, 5.41) is 11.8. The standard InChI is InChI=1S/C11H16N2O2S/c12-9(10(14)8-4-3-7-16-8)11(15)13-5-1-2-6-13/h3-4,7,9-10,14H,1-2,5-6,12H2/t9-,10+/m1/s1. The maximum Gasteiger partial charge on any atom is 0.242 e. The van der Waals surface area contributed by atoms with Crippen LogP contribution in [-0.2, 0) is 4.79 Å². The van der Waals surface area contributed by atoms with Crippen molar-refractivity contribution in [3.05, 3.63) is 22.4 Å². The summed E-state index contributed by atoms with van der Waals surface area (Å²) in [6, 6.07) is 2.81. The van der Waals surface area contributed by atoms with Crippen molar-refractivity contribution in [3.63, 3.8) is 0 Å². The number of amides is 1. The van der Waals surface area contributed by atoms with E-state index in [0.29, 0.717) is 0 Å². The van der Waals surface area contributed by atoms with Gasteiger partial charge >= 0.3 is 0 Å². The number of nitrogens with two attached hydrogens (primary N) is 1. The Balaban J connectivity index is 2.01. The summed E-state index contributed by atoms with van der Waals surface area (Å²) in [5.74, 6) is -0.140. The Bertz CT molecular complexity index is 347. The van der Waals surface area contributed by atoms with E-state index in [9.17, 15) is 9.90 Å². The molecular formula is C11H16N2O2S. The third kappa shape index (κ3) is 2.26. The molecule has 0 aliphatic carbocycles. The molecule has 16 heavy (non-hydrogen) atoms. The minimum atomic E-state index is -0.881. The van der Waals surface area contributed by atoms with Gasteiger partial charge < -0.3 is 15.7 Å². The molecule has 1 aliphatic heterocycles. The van der Waals surface area contributed by atoms with Crippen LogP contribution in [0.1, 0.15) is 23.8 Å². The first-order chi connectivity index (χ1) is 7.70. The largest absolute Gasteiger partial charge is 0.385 e. The predicted octanol–water partition coefficient (Wildman–Crippen LogP) is 0.731. The van der Waals surface area contributed by atoms with E-state index in [1.54, 1.807) is 11.0 Å². The van der Waals surface area contributed by atoms with Crippen molar-refractivity contribution in [2.75, 3.05) is 13.1 Å². The maximum absolute atomic E-state index is 11.9. The molecule has 1 fully saturated rings. The molecule has 3 N–H and O–H groups in total. The molecule has 0 saturated carbocycles. The van der Waals surface area contributed by atoms with Gasteiger partial charge in [0, 0.05) is 18.0 Å². The molecule has 0 unspecified atom stereocenters. The zero-order chi connectivity index (χ0) is 11.5. The number of nitrogens with zero attached hydrogens (tertiary/aromatic N) is 1. The number of rotatable bonds is 3. The summed E-state index contributed by atoms with van der Waals surface area (Å²) in [7, 11) is 0. The Kier molecular flexibility index (Phi) is 3.58. The summed E-state index contributed by atoms with van der Waals surface area (Å²) in [5.41, 5.74) is 5.80. The van der Waals surface area contributed by atoms with Gasteiger partial charge in [0.15, 0.2) is 0 Å². The summed E-state index contributed by atoms with van der Waals surface area (Å²) >= 11 is 1.42. The molecule has 88 valence electrons. The highest BCUT2D eigenvalue weighted by Crippen LogP contribution is 2.22. The van der Waals surface area contributed by atoms with E-state index in [2.05, 4.69) is 0 Å². The first-order valence-corrected chi connectivity index (χ1v) is 6.34. The van der Waals surface area contributed by atoms with Gasteiger partial charge in [0.2, 0.25) is 5.91 Å². The first-order valence-electron chi connectivity index (χ1n) is 5.46. The Hall–Kier alpha value is -0.910. The van der Waals surface area contributed by atoms with Crippen molar-refractivity contribution in [1.82, 2.24) is 4.90 Å². The van der Waals surface area contributed by atoms with Crippen molar-refractivity contribution in [2.45, 2.75) is 25.0 Å². The molecular weight excluding hydrogens is 224 g/mol. The van der Waals surface area contributed by atoms with Crippen LogP contribution in [0.25, 0.3) is 0 Å². The Morgan fingerprint density at radius 2 is 2.19 bits per heavy atom. The highest BCUT2D eigenvalue weighted by atomic mass is 32.1. The van der Waals surface area contributed by atoms with Crippen LogP contribution in [0.4, 0.5) is 0 Å². The van der Waals surface area contributed by atoms with Gasteiger partial charge in [-0.15, -0.1) is 11.3 Å². The molecule has 4 nitrogen and oxygen atoms in total. The molecule has 0 aromatic carbocycles. The third-order valence-corrected chi connectivity index (χ3v) is 3.82. The van der Waals surface area contributed by atoms with E-state index in [1.165, 1.54) is 11.3 Å². The average molecular weight is 240 g/mol. The van der Waals surface area contributed by atoms with Crippen LogP contribution in [0, 0.1) is 0 Å².